The van der Waals surface area contributed by atoms with Crippen molar-refractivity contribution in [3.05, 3.63) is 45.3 Å². The standard InChI is InChI=1S/C22H27NO4S/c1-13(2)16-10-9-15(11-14(16)3)27-12-19(24)23-21-20(22(25)26-4)17-7-5-6-8-18(17)28-21/h9-11,13H,5-8,12H2,1-4H3,(H,23,24). The molecule has 1 amide bonds. The molecule has 0 radical (unpaired) electrons. The number of amides is 1. The minimum Gasteiger partial charge on any atom is -0.484 e. The largest absolute Gasteiger partial charge is 0.484 e. The maximum absolute atomic E-state index is 12.4. The molecule has 0 saturated heterocycles. The Hall–Kier alpha value is -2.34. The van der Waals surface area contributed by atoms with Crippen LogP contribution in [0.4, 0.5) is 5.00 Å². The number of rotatable bonds is 6. The van der Waals surface area contributed by atoms with E-state index in [1.807, 2.05) is 25.1 Å². The number of hydrogen-bond acceptors (Lipinski definition) is 5. The number of esters is 1. The summed E-state index contributed by atoms with van der Waals surface area (Å²) in [4.78, 5) is 25.9. The number of anilines is 1. The van der Waals surface area contributed by atoms with E-state index in [1.54, 1.807) is 0 Å². The van der Waals surface area contributed by atoms with E-state index in [0.717, 1.165) is 36.8 Å². The van der Waals surface area contributed by atoms with Gasteiger partial charge in [0.2, 0.25) is 0 Å². The predicted octanol–water partition coefficient (Wildman–Crippen LogP) is 4.86. The van der Waals surface area contributed by atoms with E-state index < -0.39 is 5.97 Å². The fourth-order valence-electron chi connectivity index (χ4n) is 3.67. The lowest BCUT2D eigenvalue weighted by molar-refractivity contribution is -0.118. The lowest BCUT2D eigenvalue weighted by Gasteiger charge is -2.13. The second-order valence-corrected chi connectivity index (χ2v) is 8.52. The molecule has 0 atom stereocenters. The van der Waals surface area contributed by atoms with Crippen LogP contribution in [0.1, 0.15) is 64.5 Å². The topological polar surface area (TPSA) is 64.6 Å². The van der Waals surface area contributed by atoms with Crippen molar-refractivity contribution in [1.29, 1.82) is 0 Å². The molecule has 5 nitrogen and oxygen atoms in total. The molecule has 0 saturated carbocycles. The Morgan fingerprint density at radius 2 is 1.96 bits per heavy atom. The maximum atomic E-state index is 12.4. The van der Waals surface area contributed by atoms with Gasteiger partial charge in [-0.25, -0.2) is 4.79 Å². The lowest BCUT2D eigenvalue weighted by atomic mass is 9.95. The smallest absolute Gasteiger partial charge is 0.341 e. The van der Waals surface area contributed by atoms with Gasteiger partial charge in [-0.15, -0.1) is 11.3 Å². The van der Waals surface area contributed by atoms with Crippen LogP contribution < -0.4 is 10.1 Å². The zero-order valence-corrected chi connectivity index (χ0v) is 17.7. The molecular formula is C22H27NO4S. The normalized spacial score (nSPS) is 13.2. The number of carbonyl (C=O) groups is 2. The zero-order chi connectivity index (χ0) is 20.3. The Morgan fingerprint density at radius 3 is 2.64 bits per heavy atom. The van der Waals surface area contributed by atoms with Gasteiger partial charge in [-0.2, -0.15) is 0 Å². The summed E-state index contributed by atoms with van der Waals surface area (Å²) < 4.78 is 10.6. The average molecular weight is 402 g/mol. The van der Waals surface area contributed by atoms with E-state index in [0.29, 0.717) is 22.2 Å². The second kappa shape index (κ2) is 8.78. The molecule has 6 heteroatoms. The number of hydrogen-bond donors (Lipinski definition) is 1. The van der Waals surface area contributed by atoms with Crippen molar-refractivity contribution < 1.29 is 19.1 Å². The molecule has 0 unspecified atom stereocenters. The van der Waals surface area contributed by atoms with Crippen LogP contribution in [0, 0.1) is 6.92 Å². The molecule has 1 aromatic carbocycles. The summed E-state index contributed by atoms with van der Waals surface area (Å²) in [5, 5.41) is 3.42. The van der Waals surface area contributed by atoms with Gasteiger partial charge in [-0.1, -0.05) is 19.9 Å². The molecule has 150 valence electrons. The summed E-state index contributed by atoms with van der Waals surface area (Å²) in [6.45, 7) is 6.23. The van der Waals surface area contributed by atoms with Gasteiger partial charge < -0.3 is 14.8 Å². The molecule has 1 N–H and O–H groups in total. The van der Waals surface area contributed by atoms with Crippen molar-refractivity contribution in [2.75, 3.05) is 19.0 Å². The number of ether oxygens (including phenoxy) is 2. The van der Waals surface area contributed by atoms with Gasteiger partial charge in [0.05, 0.1) is 12.7 Å². The highest BCUT2D eigenvalue weighted by atomic mass is 32.1. The highest BCUT2D eigenvalue weighted by molar-refractivity contribution is 7.17. The van der Waals surface area contributed by atoms with E-state index in [-0.39, 0.29) is 12.5 Å². The number of nitrogens with one attached hydrogen (secondary N) is 1. The average Bonchev–Trinajstić information content (AvgIpc) is 3.03. The fraction of sp³-hybridized carbons (Fsp3) is 0.455. The van der Waals surface area contributed by atoms with Crippen molar-refractivity contribution in [2.45, 2.75) is 52.4 Å². The molecule has 1 aliphatic carbocycles. The van der Waals surface area contributed by atoms with Gasteiger partial charge in [0.1, 0.15) is 10.8 Å². The van der Waals surface area contributed by atoms with Crippen molar-refractivity contribution in [3.8, 4) is 5.75 Å². The molecule has 0 spiro atoms. The lowest BCUT2D eigenvalue weighted by Crippen LogP contribution is -2.21. The van der Waals surface area contributed by atoms with E-state index in [9.17, 15) is 9.59 Å². The third kappa shape index (κ3) is 4.38. The van der Waals surface area contributed by atoms with Crippen LogP contribution >= 0.6 is 11.3 Å². The number of fused-ring (bicyclic) bond motifs is 1. The van der Waals surface area contributed by atoms with Crippen LogP contribution in [-0.4, -0.2) is 25.6 Å². The monoisotopic (exact) mass is 401 g/mol. The van der Waals surface area contributed by atoms with Gasteiger partial charge in [0.15, 0.2) is 6.61 Å². The van der Waals surface area contributed by atoms with Crippen molar-refractivity contribution in [1.82, 2.24) is 0 Å². The molecule has 0 aliphatic heterocycles. The minimum atomic E-state index is -0.393. The number of thiophene rings is 1. The predicted molar refractivity (Wildman–Crippen MR) is 112 cm³/mol. The van der Waals surface area contributed by atoms with Crippen LogP contribution in [0.3, 0.4) is 0 Å². The third-order valence-electron chi connectivity index (χ3n) is 5.05. The molecule has 28 heavy (non-hydrogen) atoms. The molecular weight excluding hydrogens is 374 g/mol. The SMILES string of the molecule is COC(=O)c1c(NC(=O)COc2ccc(C(C)C)c(C)c2)sc2c1CCCC2. The first-order chi connectivity index (χ1) is 13.4. The highest BCUT2D eigenvalue weighted by Gasteiger charge is 2.27. The van der Waals surface area contributed by atoms with Crippen LogP contribution in [0.5, 0.6) is 5.75 Å². The molecule has 0 bridgehead atoms. The third-order valence-corrected chi connectivity index (χ3v) is 6.25. The molecule has 0 fully saturated rings. The van der Waals surface area contributed by atoms with Gasteiger partial charge >= 0.3 is 5.97 Å². The number of aryl methyl sites for hydroxylation is 2. The van der Waals surface area contributed by atoms with Crippen LogP contribution in [0.25, 0.3) is 0 Å². The van der Waals surface area contributed by atoms with Crippen LogP contribution in [0.2, 0.25) is 0 Å². The molecule has 1 heterocycles. The molecule has 1 aliphatic rings. The maximum Gasteiger partial charge on any atom is 0.341 e. The number of methoxy groups -OCH3 is 1. The second-order valence-electron chi connectivity index (χ2n) is 7.42. The highest BCUT2D eigenvalue weighted by Crippen LogP contribution is 2.38. The molecule has 1 aromatic heterocycles. The number of carbonyl (C=O) groups excluding carboxylic acids is 2. The van der Waals surface area contributed by atoms with Gasteiger partial charge in [-0.05, 0) is 67.3 Å². The molecule has 3 rings (SSSR count). The summed E-state index contributed by atoms with van der Waals surface area (Å²) in [6.07, 6.45) is 3.95. The molecule has 2 aromatic rings. The van der Waals surface area contributed by atoms with Crippen molar-refractivity contribution in [3.63, 3.8) is 0 Å². The van der Waals surface area contributed by atoms with Gasteiger partial charge in [0.25, 0.3) is 5.91 Å². The van der Waals surface area contributed by atoms with Crippen LogP contribution in [0.15, 0.2) is 18.2 Å². The first-order valence-electron chi connectivity index (χ1n) is 9.66. The minimum absolute atomic E-state index is 0.107. The quantitative estimate of drug-likeness (QED) is 0.702. The van der Waals surface area contributed by atoms with Gasteiger partial charge in [-0.3, -0.25) is 4.79 Å². The Morgan fingerprint density at radius 1 is 1.21 bits per heavy atom. The van der Waals surface area contributed by atoms with Crippen molar-refractivity contribution in [2.24, 2.45) is 0 Å². The van der Waals surface area contributed by atoms with E-state index in [1.165, 1.54) is 28.9 Å². The summed E-state index contributed by atoms with van der Waals surface area (Å²) >= 11 is 1.47. The first kappa shape index (κ1) is 20.4. The van der Waals surface area contributed by atoms with E-state index in [4.69, 9.17) is 9.47 Å². The fourth-order valence-corrected chi connectivity index (χ4v) is 4.96. The Labute approximate surface area is 170 Å². The van der Waals surface area contributed by atoms with E-state index >= 15 is 0 Å². The first-order valence-corrected chi connectivity index (χ1v) is 10.5. The summed E-state index contributed by atoms with van der Waals surface area (Å²) in [6, 6.07) is 5.88. The number of benzene rings is 1. The summed E-state index contributed by atoms with van der Waals surface area (Å²) in [5.41, 5.74) is 3.95. The summed E-state index contributed by atoms with van der Waals surface area (Å²) in [7, 11) is 1.37. The van der Waals surface area contributed by atoms with Gasteiger partial charge in [0, 0.05) is 4.88 Å². The Balaban J connectivity index is 1.69. The Bertz CT molecular complexity index is 885. The van der Waals surface area contributed by atoms with Crippen molar-refractivity contribution >= 4 is 28.2 Å². The van der Waals surface area contributed by atoms with E-state index in [2.05, 4.69) is 19.2 Å². The Kier molecular flexibility index (Phi) is 6.39. The zero-order valence-electron chi connectivity index (χ0n) is 16.9. The summed E-state index contributed by atoms with van der Waals surface area (Å²) in [5.74, 6) is 0.430. The van der Waals surface area contributed by atoms with Crippen LogP contribution in [-0.2, 0) is 22.4 Å².